The van der Waals surface area contributed by atoms with E-state index in [4.69, 9.17) is 10.5 Å². The first-order valence-corrected chi connectivity index (χ1v) is 5.84. The van der Waals surface area contributed by atoms with Crippen LogP contribution in [0.4, 0.5) is 0 Å². The molecule has 1 saturated heterocycles. The molecule has 2 rings (SSSR count). The van der Waals surface area contributed by atoms with E-state index in [1.54, 1.807) is 7.11 Å². The van der Waals surface area contributed by atoms with Gasteiger partial charge in [-0.05, 0) is 12.0 Å². The van der Waals surface area contributed by atoms with Crippen LogP contribution in [0.3, 0.4) is 0 Å². The molecule has 0 aliphatic carbocycles. The predicted octanol–water partition coefficient (Wildman–Crippen LogP) is 1.23. The zero-order valence-electron chi connectivity index (χ0n) is 9.80. The lowest BCUT2D eigenvalue weighted by atomic mass is 10.0. The highest BCUT2D eigenvalue weighted by atomic mass is 16.5. The van der Waals surface area contributed by atoms with Crippen LogP contribution >= 0.6 is 0 Å². The molecular formula is C13H20N2O. The molecule has 0 unspecified atom stereocenters. The highest BCUT2D eigenvalue weighted by molar-refractivity contribution is 5.14. The Bertz CT molecular complexity index is 315. The maximum absolute atomic E-state index is 5.99. The lowest BCUT2D eigenvalue weighted by Gasteiger charge is -2.35. The summed E-state index contributed by atoms with van der Waals surface area (Å²) in [4.78, 5) is 2.41. The monoisotopic (exact) mass is 220 g/mol. The summed E-state index contributed by atoms with van der Waals surface area (Å²) >= 11 is 0. The zero-order chi connectivity index (χ0) is 11.4. The minimum Gasteiger partial charge on any atom is -0.379 e. The van der Waals surface area contributed by atoms with E-state index < -0.39 is 0 Å². The van der Waals surface area contributed by atoms with Crippen LogP contribution in [0.2, 0.25) is 0 Å². The van der Waals surface area contributed by atoms with E-state index in [2.05, 4.69) is 29.2 Å². The minimum atomic E-state index is 0.178. The van der Waals surface area contributed by atoms with Gasteiger partial charge in [0.1, 0.15) is 0 Å². The largest absolute Gasteiger partial charge is 0.379 e. The van der Waals surface area contributed by atoms with Gasteiger partial charge in [0.15, 0.2) is 0 Å². The summed E-state index contributed by atoms with van der Waals surface area (Å²) in [7, 11) is 1.75. The molecule has 16 heavy (non-hydrogen) atoms. The number of piperidine rings is 1. The fourth-order valence-electron chi connectivity index (χ4n) is 2.23. The molecule has 1 aliphatic heterocycles. The second kappa shape index (κ2) is 5.43. The Kier molecular flexibility index (Phi) is 3.93. The third-order valence-corrected chi connectivity index (χ3v) is 3.25. The van der Waals surface area contributed by atoms with Crippen LogP contribution in [-0.2, 0) is 11.3 Å². The third-order valence-electron chi connectivity index (χ3n) is 3.25. The summed E-state index contributed by atoms with van der Waals surface area (Å²) < 4.78 is 5.40. The molecule has 2 atom stereocenters. The van der Waals surface area contributed by atoms with Gasteiger partial charge in [0.2, 0.25) is 0 Å². The number of nitrogens with two attached hydrogens (primary N) is 1. The number of benzene rings is 1. The molecule has 2 N–H and O–H groups in total. The summed E-state index contributed by atoms with van der Waals surface area (Å²) in [5, 5.41) is 0. The fraction of sp³-hybridized carbons (Fsp3) is 0.538. The topological polar surface area (TPSA) is 38.5 Å². The Hall–Kier alpha value is -0.900. The first-order valence-electron chi connectivity index (χ1n) is 5.84. The number of hydrogen-bond acceptors (Lipinski definition) is 3. The molecule has 1 fully saturated rings. The van der Waals surface area contributed by atoms with Crippen molar-refractivity contribution in [3.05, 3.63) is 35.9 Å². The van der Waals surface area contributed by atoms with Crippen molar-refractivity contribution in [2.24, 2.45) is 5.73 Å². The van der Waals surface area contributed by atoms with Gasteiger partial charge in [-0.15, -0.1) is 0 Å². The Morgan fingerprint density at radius 2 is 2.12 bits per heavy atom. The number of likely N-dealkylation sites (tertiary alicyclic amines) is 1. The number of nitrogens with zero attached hydrogens (tertiary/aromatic N) is 1. The second-order valence-corrected chi connectivity index (χ2v) is 4.45. The third kappa shape index (κ3) is 2.82. The predicted molar refractivity (Wildman–Crippen MR) is 65.1 cm³/mol. The van der Waals surface area contributed by atoms with Crippen LogP contribution in [0.1, 0.15) is 12.0 Å². The molecule has 3 nitrogen and oxygen atoms in total. The van der Waals surface area contributed by atoms with E-state index >= 15 is 0 Å². The van der Waals surface area contributed by atoms with Crippen molar-refractivity contribution >= 4 is 0 Å². The minimum absolute atomic E-state index is 0.178. The van der Waals surface area contributed by atoms with Crippen molar-refractivity contribution in [3.8, 4) is 0 Å². The average Bonchev–Trinajstić information content (AvgIpc) is 2.33. The Labute approximate surface area is 97.2 Å². The normalized spacial score (nSPS) is 26.9. The molecule has 1 aromatic carbocycles. The van der Waals surface area contributed by atoms with Crippen molar-refractivity contribution in [3.63, 3.8) is 0 Å². The molecule has 0 spiro atoms. The Morgan fingerprint density at radius 3 is 2.81 bits per heavy atom. The van der Waals surface area contributed by atoms with E-state index in [0.29, 0.717) is 0 Å². The lowest BCUT2D eigenvalue weighted by molar-refractivity contribution is 0.0140. The van der Waals surface area contributed by atoms with Crippen LogP contribution in [0.15, 0.2) is 30.3 Å². The maximum atomic E-state index is 5.99. The molecule has 0 bridgehead atoms. The van der Waals surface area contributed by atoms with Crippen LogP contribution in [0.5, 0.6) is 0 Å². The summed E-state index contributed by atoms with van der Waals surface area (Å²) in [5.74, 6) is 0. The molecule has 3 heteroatoms. The van der Waals surface area contributed by atoms with Crippen LogP contribution in [0.25, 0.3) is 0 Å². The van der Waals surface area contributed by atoms with Crippen LogP contribution < -0.4 is 5.73 Å². The standard InChI is InChI=1S/C13H20N2O/c1-16-13-10-15(8-7-12(13)14)9-11-5-3-2-4-6-11/h2-6,12-13H,7-10,14H2,1H3/t12-,13+/m0/s1. The van der Waals surface area contributed by atoms with Gasteiger partial charge in [0.05, 0.1) is 6.10 Å². The van der Waals surface area contributed by atoms with E-state index in [-0.39, 0.29) is 12.1 Å². The second-order valence-electron chi connectivity index (χ2n) is 4.45. The van der Waals surface area contributed by atoms with Gasteiger partial charge in [-0.3, -0.25) is 4.90 Å². The van der Waals surface area contributed by atoms with Crippen molar-refractivity contribution in [2.45, 2.75) is 25.1 Å². The van der Waals surface area contributed by atoms with E-state index in [1.165, 1.54) is 5.56 Å². The van der Waals surface area contributed by atoms with Gasteiger partial charge in [0.25, 0.3) is 0 Å². The van der Waals surface area contributed by atoms with E-state index in [9.17, 15) is 0 Å². The van der Waals surface area contributed by atoms with Crippen molar-refractivity contribution in [1.82, 2.24) is 4.90 Å². The molecule has 0 aromatic heterocycles. The highest BCUT2D eigenvalue weighted by Crippen LogP contribution is 2.14. The van der Waals surface area contributed by atoms with Crippen molar-refractivity contribution < 1.29 is 4.74 Å². The SMILES string of the molecule is CO[C@@H]1CN(Cc2ccccc2)CC[C@@H]1N. The highest BCUT2D eigenvalue weighted by Gasteiger charge is 2.26. The fourth-order valence-corrected chi connectivity index (χ4v) is 2.23. The zero-order valence-corrected chi connectivity index (χ0v) is 9.80. The maximum Gasteiger partial charge on any atom is 0.0849 e. The first kappa shape index (κ1) is 11.6. The molecule has 1 heterocycles. The molecule has 1 aromatic rings. The molecule has 0 amide bonds. The van der Waals surface area contributed by atoms with Gasteiger partial charge in [-0.25, -0.2) is 0 Å². The van der Waals surface area contributed by atoms with Crippen LogP contribution in [-0.4, -0.2) is 37.2 Å². The van der Waals surface area contributed by atoms with Gasteiger partial charge >= 0.3 is 0 Å². The van der Waals surface area contributed by atoms with Gasteiger partial charge < -0.3 is 10.5 Å². The molecule has 0 saturated carbocycles. The molecule has 0 radical (unpaired) electrons. The average molecular weight is 220 g/mol. The van der Waals surface area contributed by atoms with Crippen molar-refractivity contribution in [2.75, 3.05) is 20.2 Å². The van der Waals surface area contributed by atoms with Gasteiger partial charge in [-0.1, -0.05) is 30.3 Å². The molecular weight excluding hydrogens is 200 g/mol. The van der Waals surface area contributed by atoms with Gasteiger partial charge in [-0.2, -0.15) is 0 Å². The quantitative estimate of drug-likeness (QED) is 0.833. The number of hydrogen-bond donors (Lipinski definition) is 1. The Balaban J connectivity index is 1.92. The van der Waals surface area contributed by atoms with Crippen LogP contribution in [0, 0.1) is 0 Å². The van der Waals surface area contributed by atoms with E-state index in [1.807, 2.05) is 6.07 Å². The number of methoxy groups -OCH3 is 1. The van der Waals surface area contributed by atoms with Gasteiger partial charge in [0, 0.05) is 32.8 Å². The number of rotatable bonds is 3. The smallest absolute Gasteiger partial charge is 0.0849 e. The summed E-state index contributed by atoms with van der Waals surface area (Å²) in [6, 6.07) is 10.7. The summed E-state index contributed by atoms with van der Waals surface area (Å²) in [6.07, 6.45) is 1.20. The summed E-state index contributed by atoms with van der Waals surface area (Å²) in [6.45, 7) is 3.00. The Morgan fingerprint density at radius 1 is 1.38 bits per heavy atom. The van der Waals surface area contributed by atoms with Crippen molar-refractivity contribution in [1.29, 1.82) is 0 Å². The first-order chi connectivity index (χ1) is 7.79. The molecule has 1 aliphatic rings. The van der Waals surface area contributed by atoms with E-state index in [0.717, 1.165) is 26.1 Å². The summed E-state index contributed by atoms with van der Waals surface area (Å²) in [5.41, 5.74) is 7.35. The lowest BCUT2D eigenvalue weighted by Crippen LogP contribution is -2.51. The molecule has 88 valence electrons. The number of ether oxygens (including phenoxy) is 1.